The van der Waals surface area contributed by atoms with Crippen LogP contribution in [-0.2, 0) is 0 Å². The quantitative estimate of drug-likeness (QED) is 0.834. The molecule has 0 aromatic heterocycles. The Morgan fingerprint density at radius 3 is 2.68 bits per heavy atom. The van der Waals surface area contributed by atoms with Crippen LogP contribution in [0.15, 0.2) is 40.9 Å². The van der Waals surface area contributed by atoms with Crippen molar-refractivity contribution in [3.8, 4) is 0 Å². The average Bonchev–Trinajstić information content (AvgIpc) is 2.37. The smallest absolute Gasteiger partial charge is 0.255 e. The van der Waals surface area contributed by atoms with Gasteiger partial charge in [-0.25, -0.2) is 4.39 Å². The van der Waals surface area contributed by atoms with Gasteiger partial charge in [-0.05, 0) is 42.8 Å². The van der Waals surface area contributed by atoms with E-state index in [1.165, 1.54) is 6.07 Å². The van der Waals surface area contributed by atoms with E-state index >= 15 is 0 Å². The maximum Gasteiger partial charge on any atom is 0.255 e. The predicted molar refractivity (Wildman–Crippen MR) is 78.2 cm³/mol. The van der Waals surface area contributed by atoms with Crippen molar-refractivity contribution in [3.63, 3.8) is 0 Å². The van der Waals surface area contributed by atoms with Gasteiger partial charge in [0.15, 0.2) is 0 Å². The highest BCUT2D eigenvalue weighted by atomic mass is 79.9. The van der Waals surface area contributed by atoms with Crippen LogP contribution in [0.5, 0.6) is 0 Å². The van der Waals surface area contributed by atoms with Crippen molar-refractivity contribution >= 4 is 39.1 Å². The van der Waals surface area contributed by atoms with Crippen LogP contribution in [0.4, 0.5) is 10.1 Å². The van der Waals surface area contributed by atoms with Crippen LogP contribution in [0.3, 0.4) is 0 Å². The highest BCUT2D eigenvalue weighted by Gasteiger charge is 2.10. The van der Waals surface area contributed by atoms with Gasteiger partial charge in [0.25, 0.3) is 5.91 Å². The fourth-order valence-corrected chi connectivity index (χ4v) is 2.05. The Kier molecular flexibility index (Phi) is 4.22. The van der Waals surface area contributed by atoms with Gasteiger partial charge >= 0.3 is 0 Å². The molecule has 0 unspecified atom stereocenters. The number of benzene rings is 2. The minimum Gasteiger partial charge on any atom is -0.321 e. The Hall–Kier alpha value is -1.39. The summed E-state index contributed by atoms with van der Waals surface area (Å²) in [4.78, 5) is 12.0. The van der Waals surface area contributed by atoms with Gasteiger partial charge in [0.05, 0.1) is 10.7 Å². The molecule has 1 N–H and O–H groups in total. The number of hydrogen-bond donors (Lipinski definition) is 1. The van der Waals surface area contributed by atoms with Crippen molar-refractivity contribution in [1.82, 2.24) is 0 Å². The summed E-state index contributed by atoms with van der Waals surface area (Å²) in [6, 6.07) is 9.45. The van der Waals surface area contributed by atoms with E-state index in [-0.39, 0.29) is 5.56 Å². The predicted octanol–water partition coefficient (Wildman–Crippen LogP) is 4.80. The maximum absolute atomic E-state index is 13.4. The molecular formula is C14H10BrClFNO. The molecule has 2 aromatic carbocycles. The lowest BCUT2D eigenvalue weighted by molar-refractivity contribution is 0.102. The molecule has 19 heavy (non-hydrogen) atoms. The SMILES string of the molecule is Cc1ccc(C(=O)Nc2cc(Br)ccc2Cl)cc1F. The van der Waals surface area contributed by atoms with Crippen molar-refractivity contribution in [2.75, 3.05) is 5.32 Å². The summed E-state index contributed by atoms with van der Waals surface area (Å²) in [5.41, 5.74) is 1.22. The van der Waals surface area contributed by atoms with Gasteiger partial charge in [0.2, 0.25) is 0 Å². The number of carbonyl (C=O) groups is 1. The van der Waals surface area contributed by atoms with Gasteiger partial charge in [-0.2, -0.15) is 0 Å². The van der Waals surface area contributed by atoms with E-state index < -0.39 is 11.7 Å². The summed E-state index contributed by atoms with van der Waals surface area (Å²) in [5, 5.41) is 3.07. The summed E-state index contributed by atoms with van der Waals surface area (Å²) in [6.45, 7) is 1.64. The van der Waals surface area contributed by atoms with Crippen molar-refractivity contribution in [2.45, 2.75) is 6.92 Å². The molecule has 1 amide bonds. The molecule has 0 spiro atoms. The first-order chi connectivity index (χ1) is 8.97. The fraction of sp³-hybridized carbons (Fsp3) is 0.0714. The summed E-state index contributed by atoms with van der Waals surface area (Å²) in [6.07, 6.45) is 0. The first kappa shape index (κ1) is 14.0. The molecule has 0 bridgehead atoms. The molecule has 0 saturated heterocycles. The Bertz CT molecular complexity index is 645. The summed E-state index contributed by atoms with van der Waals surface area (Å²) in [7, 11) is 0. The second-order valence-electron chi connectivity index (χ2n) is 4.04. The number of rotatable bonds is 2. The lowest BCUT2D eigenvalue weighted by Crippen LogP contribution is -2.12. The lowest BCUT2D eigenvalue weighted by atomic mass is 10.1. The fourth-order valence-electron chi connectivity index (χ4n) is 1.52. The second kappa shape index (κ2) is 5.72. The Morgan fingerprint density at radius 1 is 1.26 bits per heavy atom. The van der Waals surface area contributed by atoms with E-state index in [1.807, 2.05) is 0 Å². The Labute approximate surface area is 123 Å². The summed E-state index contributed by atoms with van der Waals surface area (Å²) < 4.78 is 14.2. The molecule has 0 atom stereocenters. The molecule has 0 aliphatic carbocycles. The second-order valence-corrected chi connectivity index (χ2v) is 5.37. The van der Waals surface area contributed by atoms with Crippen LogP contribution in [0.2, 0.25) is 5.02 Å². The normalized spacial score (nSPS) is 10.3. The van der Waals surface area contributed by atoms with Crippen LogP contribution < -0.4 is 5.32 Å². The van der Waals surface area contributed by atoms with Gasteiger partial charge in [-0.15, -0.1) is 0 Å². The van der Waals surface area contributed by atoms with E-state index in [9.17, 15) is 9.18 Å². The molecule has 0 heterocycles. The zero-order valence-corrected chi connectivity index (χ0v) is 12.3. The van der Waals surface area contributed by atoms with E-state index in [2.05, 4.69) is 21.2 Å². The summed E-state index contributed by atoms with van der Waals surface area (Å²) >= 11 is 9.27. The highest BCUT2D eigenvalue weighted by Crippen LogP contribution is 2.26. The van der Waals surface area contributed by atoms with E-state index in [4.69, 9.17) is 11.6 Å². The van der Waals surface area contributed by atoms with Gasteiger partial charge in [-0.3, -0.25) is 4.79 Å². The van der Waals surface area contributed by atoms with E-state index in [0.29, 0.717) is 16.3 Å². The maximum atomic E-state index is 13.4. The minimum atomic E-state index is -0.409. The van der Waals surface area contributed by atoms with E-state index in [0.717, 1.165) is 4.47 Å². The van der Waals surface area contributed by atoms with Crippen LogP contribution >= 0.6 is 27.5 Å². The molecule has 98 valence electrons. The molecule has 0 aliphatic heterocycles. The topological polar surface area (TPSA) is 29.1 Å². The van der Waals surface area contributed by atoms with Crippen LogP contribution in [0, 0.1) is 12.7 Å². The van der Waals surface area contributed by atoms with Gasteiger partial charge in [0.1, 0.15) is 5.82 Å². The van der Waals surface area contributed by atoms with E-state index in [1.54, 1.807) is 37.3 Å². The van der Waals surface area contributed by atoms with Crippen molar-refractivity contribution in [3.05, 3.63) is 62.8 Å². The molecule has 5 heteroatoms. The third kappa shape index (κ3) is 3.33. The van der Waals surface area contributed by atoms with Crippen molar-refractivity contribution in [2.24, 2.45) is 0 Å². The number of halogens is 3. The largest absolute Gasteiger partial charge is 0.321 e. The third-order valence-corrected chi connectivity index (χ3v) is 3.43. The van der Waals surface area contributed by atoms with Crippen LogP contribution in [0.25, 0.3) is 0 Å². The number of anilines is 1. The molecule has 0 fully saturated rings. The summed E-state index contributed by atoms with van der Waals surface area (Å²) in [5.74, 6) is -0.813. The molecule has 0 saturated carbocycles. The van der Waals surface area contributed by atoms with Crippen molar-refractivity contribution < 1.29 is 9.18 Å². The molecule has 2 aromatic rings. The molecule has 2 rings (SSSR count). The number of amides is 1. The molecule has 0 radical (unpaired) electrons. The first-order valence-electron chi connectivity index (χ1n) is 5.50. The zero-order chi connectivity index (χ0) is 14.0. The van der Waals surface area contributed by atoms with Gasteiger partial charge in [-0.1, -0.05) is 33.6 Å². The number of aryl methyl sites for hydroxylation is 1. The monoisotopic (exact) mass is 341 g/mol. The Balaban J connectivity index is 2.25. The number of hydrogen-bond acceptors (Lipinski definition) is 1. The molecule has 0 aliphatic rings. The lowest BCUT2D eigenvalue weighted by Gasteiger charge is -2.08. The third-order valence-electron chi connectivity index (χ3n) is 2.61. The number of nitrogens with one attached hydrogen (secondary N) is 1. The van der Waals surface area contributed by atoms with Gasteiger partial charge in [0, 0.05) is 10.0 Å². The molecule has 2 nitrogen and oxygen atoms in total. The highest BCUT2D eigenvalue weighted by molar-refractivity contribution is 9.10. The standard InChI is InChI=1S/C14H10BrClFNO/c1-8-2-3-9(6-12(8)17)14(19)18-13-7-10(15)4-5-11(13)16/h2-7H,1H3,(H,18,19). The first-order valence-corrected chi connectivity index (χ1v) is 6.67. The van der Waals surface area contributed by atoms with Crippen molar-refractivity contribution in [1.29, 1.82) is 0 Å². The average molecular weight is 343 g/mol. The van der Waals surface area contributed by atoms with Gasteiger partial charge < -0.3 is 5.32 Å². The molecular weight excluding hydrogens is 333 g/mol. The Morgan fingerprint density at radius 2 is 2.00 bits per heavy atom. The number of carbonyl (C=O) groups excluding carboxylic acids is 1. The van der Waals surface area contributed by atoms with Crippen LogP contribution in [-0.4, -0.2) is 5.91 Å². The van der Waals surface area contributed by atoms with Crippen LogP contribution in [0.1, 0.15) is 15.9 Å². The zero-order valence-electron chi connectivity index (χ0n) is 10.0. The minimum absolute atomic E-state index is 0.249.